The Bertz CT molecular complexity index is 726. The third-order valence-corrected chi connectivity index (χ3v) is 5.22. The molecule has 0 aliphatic carbocycles. The molecule has 0 radical (unpaired) electrons. The van der Waals surface area contributed by atoms with Gasteiger partial charge in [0, 0.05) is 12.1 Å². The molecule has 0 bridgehead atoms. The quantitative estimate of drug-likeness (QED) is 0.0514. The summed E-state index contributed by atoms with van der Waals surface area (Å²) in [6.45, 7) is 3.80. The van der Waals surface area contributed by atoms with Gasteiger partial charge in [0.25, 0.3) is 5.69 Å². The van der Waals surface area contributed by atoms with Crippen LogP contribution in [0.4, 0.5) is 5.69 Å². The van der Waals surface area contributed by atoms with E-state index < -0.39 is 16.7 Å². The van der Waals surface area contributed by atoms with Crippen LogP contribution in [0.1, 0.15) is 96.5 Å². The van der Waals surface area contributed by atoms with Crippen molar-refractivity contribution in [2.75, 3.05) is 6.61 Å². The van der Waals surface area contributed by atoms with Crippen molar-refractivity contribution in [3.8, 4) is 0 Å². The monoisotopic (exact) mass is 431 g/mol. The Morgan fingerprint density at radius 2 is 1.48 bits per heavy atom. The van der Waals surface area contributed by atoms with E-state index in [2.05, 4.69) is 6.92 Å². The van der Waals surface area contributed by atoms with Crippen LogP contribution in [0.5, 0.6) is 0 Å². The highest BCUT2D eigenvalue weighted by molar-refractivity contribution is 6.19. The lowest BCUT2D eigenvalue weighted by atomic mass is 10.1. The number of esters is 1. The number of hydrogen-bond donors (Lipinski definition) is 0. The highest BCUT2D eigenvalue weighted by atomic mass is 16.6. The molecule has 0 saturated heterocycles. The molecule has 0 atom stereocenters. The first-order valence-electron chi connectivity index (χ1n) is 11.6. The smallest absolute Gasteiger partial charge is 0.341 e. The van der Waals surface area contributed by atoms with E-state index in [1.165, 1.54) is 89.0 Å². The molecule has 0 spiro atoms. The molecule has 0 amide bonds. The lowest BCUT2D eigenvalue weighted by Gasteiger charge is -2.07. The molecule has 172 valence electrons. The number of benzene rings is 1. The molecule has 0 N–H and O–H groups in total. The van der Waals surface area contributed by atoms with Crippen LogP contribution in [-0.2, 0) is 14.3 Å². The summed E-state index contributed by atoms with van der Waals surface area (Å²) in [5, 5.41) is 10.9. The van der Waals surface area contributed by atoms with E-state index in [-0.39, 0.29) is 17.9 Å². The second-order valence-corrected chi connectivity index (χ2v) is 7.99. The van der Waals surface area contributed by atoms with Gasteiger partial charge < -0.3 is 4.74 Å². The van der Waals surface area contributed by atoms with E-state index in [4.69, 9.17) is 4.74 Å². The van der Waals surface area contributed by atoms with Crippen molar-refractivity contribution in [1.29, 1.82) is 0 Å². The van der Waals surface area contributed by atoms with E-state index >= 15 is 0 Å². The van der Waals surface area contributed by atoms with Crippen molar-refractivity contribution in [1.82, 2.24) is 0 Å². The van der Waals surface area contributed by atoms with Crippen LogP contribution < -0.4 is 0 Å². The topological polar surface area (TPSA) is 86.5 Å². The first kappa shape index (κ1) is 26.5. The summed E-state index contributed by atoms with van der Waals surface area (Å²) in [7, 11) is 0. The summed E-state index contributed by atoms with van der Waals surface area (Å²) in [6.07, 6.45) is 16.0. The lowest BCUT2D eigenvalue weighted by molar-refractivity contribution is -0.384. The number of ketones is 1. The van der Waals surface area contributed by atoms with Crippen LogP contribution in [0.15, 0.2) is 29.8 Å². The predicted molar refractivity (Wildman–Crippen MR) is 124 cm³/mol. The SMILES string of the molecule is CCCCCCCCCCCCCCOC(=O)/C(=C\c1cccc([N+](=O)[O-])c1)C(C)=O. The van der Waals surface area contributed by atoms with Crippen molar-refractivity contribution in [3.05, 3.63) is 45.5 Å². The number of carbonyl (C=O) groups is 2. The highest BCUT2D eigenvalue weighted by Gasteiger charge is 2.16. The van der Waals surface area contributed by atoms with Gasteiger partial charge >= 0.3 is 5.97 Å². The number of rotatable bonds is 17. The summed E-state index contributed by atoms with van der Waals surface area (Å²) in [5.41, 5.74) is 0.225. The molecule has 31 heavy (non-hydrogen) atoms. The average molecular weight is 432 g/mol. The standard InChI is InChI=1S/C25H37NO5/c1-3-4-5-6-7-8-9-10-11-12-13-14-18-31-25(28)24(21(2)27)20-22-16-15-17-23(19-22)26(29)30/h15-17,19-20H,3-14,18H2,1-2H3/b24-20-. The Kier molecular flexibility index (Phi) is 13.9. The molecule has 0 saturated carbocycles. The Morgan fingerprint density at radius 1 is 0.935 bits per heavy atom. The molecule has 0 aliphatic rings. The zero-order chi connectivity index (χ0) is 22.9. The normalized spacial score (nSPS) is 11.4. The fourth-order valence-electron chi connectivity index (χ4n) is 3.38. The van der Waals surface area contributed by atoms with Crippen LogP contribution in [0.3, 0.4) is 0 Å². The van der Waals surface area contributed by atoms with Crippen molar-refractivity contribution >= 4 is 23.5 Å². The van der Waals surface area contributed by atoms with E-state index in [1.54, 1.807) is 6.07 Å². The maximum Gasteiger partial charge on any atom is 0.341 e. The Balaban J connectivity index is 2.26. The van der Waals surface area contributed by atoms with Crippen LogP contribution in [0.2, 0.25) is 0 Å². The summed E-state index contributed by atoms with van der Waals surface area (Å²) in [5.74, 6) is -1.10. The summed E-state index contributed by atoms with van der Waals surface area (Å²) >= 11 is 0. The minimum Gasteiger partial charge on any atom is -0.462 e. The minimum atomic E-state index is -0.679. The van der Waals surface area contributed by atoms with E-state index in [9.17, 15) is 19.7 Å². The van der Waals surface area contributed by atoms with Gasteiger partial charge in [0.1, 0.15) is 5.57 Å². The molecular formula is C25H37NO5. The van der Waals surface area contributed by atoms with Gasteiger partial charge in [-0.3, -0.25) is 14.9 Å². The van der Waals surface area contributed by atoms with Crippen molar-refractivity contribution in [2.24, 2.45) is 0 Å². The number of nitrogens with zero attached hydrogens (tertiary/aromatic N) is 1. The third kappa shape index (κ3) is 12.1. The van der Waals surface area contributed by atoms with Crippen LogP contribution in [0.25, 0.3) is 6.08 Å². The Hall–Kier alpha value is -2.50. The predicted octanol–water partition coefficient (Wildman–Crippen LogP) is 6.81. The molecule has 1 aromatic rings. The number of unbranched alkanes of at least 4 members (excludes halogenated alkanes) is 11. The van der Waals surface area contributed by atoms with Gasteiger partial charge in [0.05, 0.1) is 11.5 Å². The zero-order valence-electron chi connectivity index (χ0n) is 19.1. The third-order valence-electron chi connectivity index (χ3n) is 5.22. The number of hydrogen-bond acceptors (Lipinski definition) is 5. The van der Waals surface area contributed by atoms with Crippen LogP contribution >= 0.6 is 0 Å². The van der Waals surface area contributed by atoms with Gasteiger partial charge in [-0.25, -0.2) is 4.79 Å². The molecule has 6 nitrogen and oxygen atoms in total. The number of Topliss-reactive ketones (excluding diaryl/α,β-unsaturated/α-hetero) is 1. The maximum atomic E-state index is 12.3. The average Bonchev–Trinajstić information content (AvgIpc) is 2.75. The maximum absolute atomic E-state index is 12.3. The summed E-state index contributed by atoms with van der Waals surface area (Å²) in [6, 6.07) is 5.80. The van der Waals surface area contributed by atoms with E-state index in [0.717, 1.165) is 19.3 Å². The fraction of sp³-hybridized carbons (Fsp3) is 0.600. The van der Waals surface area contributed by atoms with Crippen LogP contribution in [-0.4, -0.2) is 23.3 Å². The molecule has 1 aromatic carbocycles. The fourth-order valence-corrected chi connectivity index (χ4v) is 3.38. The molecule has 6 heteroatoms. The summed E-state index contributed by atoms with van der Waals surface area (Å²) < 4.78 is 5.25. The number of nitro groups is 1. The van der Waals surface area contributed by atoms with Gasteiger partial charge in [0.2, 0.25) is 0 Å². The van der Waals surface area contributed by atoms with Gasteiger partial charge in [-0.1, -0.05) is 89.7 Å². The second-order valence-electron chi connectivity index (χ2n) is 7.99. The van der Waals surface area contributed by atoms with Gasteiger partial charge in [-0.05, 0) is 25.0 Å². The number of non-ortho nitro benzene ring substituents is 1. The van der Waals surface area contributed by atoms with Crippen molar-refractivity contribution in [2.45, 2.75) is 90.9 Å². The number of carbonyl (C=O) groups excluding carboxylic acids is 2. The van der Waals surface area contributed by atoms with Crippen molar-refractivity contribution < 1.29 is 19.2 Å². The largest absolute Gasteiger partial charge is 0.462 e. The molecule has 0 fully saturated rings. The lowest BCUT2D eigenvalue weighted by Crippen LogP contribution is -2.14. The molecular weight excluding hydrogens is 394 g/mol. The van der Waals surface area contributed by atoms with Gasteiger partial charge in [-0.2, -0.15) is 0 Å². The molecule has 0 heterocycles. The molecule has 0 aromatic heterocycles. The Labute approximate surface area is 186 Å². The number of ether oxygens (including phenoxy) is 1. The van der Waals surface area contributed by atoms with Gasteiger partial charge in [0.15, 0.2) is 5.78 Å². The zero-order valence-corrected chi connectivity index (χ0v) is 19.1. The first-order chi connectivity index (χ1) is 15.0. The molecule has 0 aliphatic heterocycles. The molecule has 1 rings (SSSR count). The Morgan fingerprint density at radius 3 is 2.00 bits per heavy atom. The first-order valence-corrected chi connectivity index (χ1v) is 11.6. The second kappa shape index (κ2) is 16.2. The van der Waals surface area contributed by atoms with Crippen molar-refractivity contribution in [3.63, 3.8) is 0 Å². The number of nitro benzene ring substituents is 1. The van der Waals surface area contributed by atoms with Gasteiger partial charge in [-0.15, -0.1) is 0 Å². The summed E-state index contributed by atoms with van der Waals surface area (Å²) in [4.78, 5) is 34.5. The molecule has 0 unspecified atom stereocenters. The van der Waals surface area contributed by atoms with E-state index in [0.29, 0.717) is 5.56 Å². The van der Waals surface area contributed by atoms with Crippen LogP contribution in [0, 0.1) is 10.1 Å². The highest BCUT2D eigenvalue weighted by Crippen LogP contribution is 2.17. The minimum absolute atomic E-state index is 0.0958. The van der Waals surface area contributed by atoms with E-state index in [1.807, 2.05) is 0 Å².